The molecule has 1 aliphatic carbocycles. The number of hydrogen-bond donors (Lipinski definition) is 2. The smallest absolute Gasteiger partial charge is 0.0679 e. The van der Waals surface area contributed by atoms with Crippen LogP contribution in [0.5, 0.6) is 0 Å². The highest BCUT2D eigenvalue weighted by Crippen LogP contribution is 2.43. The van der Waals surface area contributed by atoms with Crippen molar-refractivity contribution in [2.75, 3.05) is 19.6 Å². The van der Waals surface area contributed by atoms with Gasteiger partial charge in [0.25, 0.3) is 0 Å². The van der Waals surface area contributed by atoms with Crippen LogP contribution in [-0.2, 0) is 0 Å². The zero-order chi connectivity index (χ0) is 14.0. The summed E-state index contributed by atoms with van der Waals surface area (Å²) in [6, 6.07) is 0.603. The van der Waals surface area contributed by atoms with Crippen LogP contribution in [0.4, 0.5) is 0 Å². The van der Waals surface area contributed by atoms with Gasteiger partial charge in [-0.2, -0.15) is 0 Å². The first-order chi connectivity index (χ1) is 8.97. The monoisotopic (exact) mass is 268 g/mol. The van der Waals surface area contributed by atoms with Crippen molar-refractivity contribution in [3.8, 4) is 0 Å². The fourth-order valence-electron chi connectivity index (χ4n) is 4.00. The molecule has 0 spiro atoms. The molecular formula is C16H32N2O. The number of nitrogens with two attached hydrogens (primary N) is 1. The zero-order valence-corrected chi connectivity index (χ0v) is 12.9. The molecule has 19 heavy (non-hydrogen) atoms. The van der Waals surface area contributed by atoms with Gasteiger partial charge in [-0.25, -0.2) is 0 Å². The molecule has 2 aliphatic rings. The molecule has 3 heteroatoms. The highest BCUT2D eigenvalue weighted by Gasteiger charge is 2.40. The first-order valence-corrected chi connectivity index (χ1v) is 8.10. The summed E-state index contributed by atoms with van der Waals surface area (Å²) in [4.78, 5) is 2.51. The summed E-state index contributed by atoms with van der Waals surface area (Å²) in [6.07, 6.45) is 5.95. The van der Waals surface area contributed by atoms with Gasteiger partial charge in [0.1, 0.15) is 0 Å². The second-order valence-corrected chi connectivity index (χ2v) is 7.35. The maximum absolute atomic E-state index is 9.79. The van der Waals surface area contributed by atoms with Crippen molar-refractivity contribution in [1.82, 2.24) is 4.90 Å². The van der Waals surface area contributed by atoms with Crippen molar-refractivity contribution >= 4 is 0 Å². The molecule has 4 atom stereocenters. The van der Waals surface area contributed by atoms with Gasteiger partial charge >= 0.3 is 0 Å². The van der Waals surface area contributed by atoms with Crippen LogP contribution < -0.4 is 5.73 Å². The number of likely N-dealkylation sites (tertiary alicyclic amines) is 1. The van der Waals surface area contributed by atoms with E-state index in [1.54, 1.807) is 0 Å². The van der Waals surface area contributed by atoms with Gasteiger partial charge in [-0.15, -0.1) is 0 Å². The number of nitrogens with zero attached hydrogens (tertiary/aromatic N) is 1. The standard InChI is InChI=1S/C16H32N2O/c1-4-16(2,3)13-6-5-12(10-17)15(9-13)18-8-7-14(19)11-18/h12-15,19H,4-11,17H2,1-3H3. The Morgan fingerprint density at radius 3 is 2.53 bits per heavy atom. The van der Waals surface area contributed by atoms with Crippen LogP contribution in [0.1, 0.15) is 52.9 Å². The Balaban J connectivity index is 2.05. The summed E-state index contributed by atoms with van der Waals surface area (Å²) in [5.74, 6) is 1.44. The van der Waals surface area contributed by atoms with Crippen LogP contribution >= 0.6 is 0 Å². The van der Waals surface area contributed by atoms with E-state index in [4.69, 9.17) is 5.73 Å². The highest BCUT2D eigenvalue weighted by atomic mass is 16.3. The lowest BCUT2D eigenvalue weighted by molar-refractivity contribution is 0.0424. The van der Waals surface area contributed by atoms with Crippen molar-refractivity contribution in [2.45, 2.75) is 65.0 Å². The van der Waals surface area contributed by atoms with E-state index >= 15 is 0 Å². The Kier molecular flexibility index (Phi) is 4.91. The van der Waals surface area contributed by atoms with Gasteiger partial charge in [-0.1, -0.05) is 27.2 Å². The lowest BCUT2D eigenvalue weighted by atomic mass is 9.65. The fraction of sp³-hybridized carbons (Fsp3) is 1.00. The Labute approximate surface area is 118 Å². The summed E-state index contributed by atoms with van der Waals surface area (Å²) in [6.45, 7) is 9.86. The van der Waals surface area contributed by atoms with Crippen molar-refractivity contribution in [1.29, 1.82) is 0 Å². The van der Waals surface area contributed by atoms with Crippen LogP contribution in [0, 0.1) is 17.3 Å². The summed E-state index contributed by atoms with van der Waals surface area (Å²) >= 11 is 0. The molecule has 112 valence electrons. The molecule has 1 aliphatic heterocycles. The number of aliphatic hydroxyl groups is 1. The topological polar surface area (TPSA) is 49.5 Å². The second-order valence-electron chi connectivity index (χ2n) is 7.35. The third kappa shape index (κ3) is 3.32. The van der Waals surface area contributed by atoms with Crippen LogP contribution in [-0.4, -0.2) is 41.8 Å². The molecule has 3 nitrogen and oxygen atoms in total. The van der Waals surface area contributed by atoms with Gasteiger partial charge in [0.15, 0.2) is 0 Å². The van der Waals surface area contributed by atoms with E-state index in [1.807, 2.05) is 0 Å². The Bertz CT molecular complexity index is 292. The molecule has 2 rings (SSSR count). The number of hydrogen-bond acceptors (Lipinski definition) is 3. The summed E-state index contributed by atoms with van der Waals surface area (Å²) in [5, 5.41) is 9.79. The molecule has 0 radical (unpaired) electrons. The number of rotatable bonds is 4. The fourth-order valence-corrected chi connectivity index (χ4v) is 4.00. The SMILES string of the molecule is CCC(C)(C)C1CCC(CN)C(N2CCC(O)C2)C1. The quantitative estimate of drug-likeness (QED) is 0.822. The van der Waals surface area contributed by atoms with Crippen molar-refractivity contribution < 1.29 is 5.11 Å². The summed E-state index contributed by atoms with van der Waals surface area (Å²) in [5.41, 5.74) is 6.43. The van der Waals surface area contributed by atoms with E-state index in [0.29, 0.717) is 17.4 Å². The Morgan fingerprint density at radius 1 is 1.26 bits per heavy atom. The van der Waals surface area contributed by atoms with Crippen LogP contribution in [0.3, 0.4) is 0 Å². The van der Waals surface area contributed by atoms with Gasteiger partial charge < -0.3 is 10.8 Å². The Morgan fingerprint density at radius 2 is 2.00 bits per heavy atom. The van der Waals surface area contributed by atoms with Gasteiger partial charge in [-0.05, 0) is 49.5 Å². The van der Waals surface area contributed by atoms with Gasteiger partial charge in [-0.3, -0.25) is 4.90 Å². The van der Waals surface area contributed by atoms with E-state index in [0.717, 1.165) is 32.0 Å². The van der Waals surface area contributed by atoms with Crippen LogP contribution in [0.15, 0.2) is 0 Å². The maximum Gasteiger partial charge on any atom is 0.0679 e. The predicted molar refractivity (Wildman–Crippen MR) is 79.9 cm³/mol. The van der Waals surface area contributed by atoms with Crippen LogP contribution in [0.25, 0.3) is 0 Å². The largest absolute Gasteiger partial charge is 0.392 e. The Hall–Kier alpha value is -0.120. The highest BCUT2D eigenvalue weighted by molar-refractivity contribution is 4.94. The van der Waals surface area contributed by atoms with E-state index in [9.17, 15) is 5.11 Å². The van der Waals surface area contributed by atoms with Crippen molar-refractivity contribution in [3.05, 3.63) is 0 Å². The molecule has 1 heterocycles. The minimum Gasteiger partial charge on any atom is -0.392 e. The average Bonchev–Trinajstić information content (AvgIpc) is 2.84. The third-order valence-corrected chi connectivity index (χ3v) is 5.94. The molecule has 0 amide bonds. The first-order valence-electron chi connectivity index (χ1n) is 8.10. The second kappa shape index (κ2) is 6.11. The average molecular weight is 268 g/mol. The van der Waals surface area contributed by atoms with E-state index < -0.39 is 0 Å². The van der Waals surface area contributed by atoms with Crippen molar-refractivity contribution in [2.24, 2.45) is 23.0 Å². The van der Waals surface area contributed by atoms with Crippen molar-refractivity contribution in [3.63, 3.8) is 0 Å². The minimum absolute atomic E-state index is 0.113. The molecule has 0 aromatic carbocycles. The van der Waals surface area contributed by atoms with Gasteiger partial charge in [0.05, 0.1) is 6.10 Å². The van der Waals surface area contributed by atoms with Crippen LogP contribution in [0.2, 0.25) is 0 Å². The van der Waals surface area contributed by atoms with E-state index in [1.165, 1.54) is 25.7 Å². The normalized spacial score (nSPS) is 37.7. The van der Waals surface area contributed by atoms with E-state index in [-0.39, 0.29) is 6.10 Å². The number of aliphatic hydroxyl groups excluding tert-OH is 1. The molecular weight excluding hydrogens is 236 g/mol. The molecule has 0 aromatic heterocycles. The van der Waals surface area contributed by atoms with Gasteiger partial charge in [0, 0.05) is 19.1 Å². The number of β-amino-alcohol motifs (C(OH)–C–C–N with tert-alkyl or cyclic N) is 1. The molecule has 0 aromatic rings. The molecule has 3 N–H and O–H groups in total. The molecule has 1 saturated heterocycles. The zero-order valence-electron chi connectivity index (χ0n) is 12.9. The first kappa shape index (κ1) is 15.3. The maximum atomic E-state index is 9.79. The van der Waals surface area contributed by atoms with Gasteiger partial charge in [0.2, 0.25) is 0 Å². The lowest BCUT2D eigenvalue weighted by Gasteiger charge is -2.46. The summed E-state index contributed by atoms with van der Waals surface area (Å²) in [7, 11) is 0. The minimum atomic E-state index is -0.113. The molecule has 1 saturated carbocycles. The molecule has 4 unspecified atom stereocenters. The van der Waals surface area contributed by atoms with E-state index in [2.05, 4.69) is 25.7 Å². The third-order valence-electron chi connectivity index (χ3n) is 5.94. The summed E-state index contributed by atoms with van der Waals surface area (Å²) < 4.78 is 0. The molecule has 0 bridgehead atoms. The predicted octanol–water partition coefficient (Wildman–Crippen LogP) is 2.23. The lowest BCUT2D eigenvalue weighted by Crippen LogP contribution is -2.48. The molecule has 2 fully saturated rings.